The summed E-state index contributed by atoms with van der Waals surface area (Å²) in [4.78, 5) is 10.7. The van der Waals surface area contributed by atoms with Gasteiger partial charge in [-0.15, -0.1) is 0 Å². The van der Waals surface area contributed by atoms with E-state index in [1.807, 2.05) is 13.8 Å². The summed E-state index contributed by atoms with van der Waals surface area (Å²) >= 11 is 0. The molecular formula is C8H14O3. The molecule has 0 saturated heterocycles. The van der Waals surface area contributed by atoms with Crippen molar-refractivity contribution in [2.45, 2.75) is 13.8 Å². The summed E-state index contributed by atoms with van der Waals surface area (Å²) in [6, 6.07) is 0. The predicted octanol–water partition coefficient (Wildman–Crippen LogP) is 1.35. The lowest BCUT2D eigenvalue weighted by atomic mass is 10.2. The monoisotopic (exact) mass is 158 g/mol. The molecule has 11 heavy (non-hydrogen) atoms. The molecule has 0 atom stereocenters. The minimum Gasteiger partial charge on any atom is -0.504 e. The number of rotatable bonds is 4. The lowest BCUT2D eigenvalue weighted by Gasteiger charge is -2.03. The molecule has 64 valence electrons. The highest BCUT2D eigenvalue weighted by Gasteiger charge is 1.98. The first-order valence-corrected chi connectivity index (χ1v) is 3.53. The van der Waals surface area contributed by atoms with Crippen molar-refractivity contribution in [1.82, 2.24) is 0 Å². The van der Waals surface area contributed by atoms with Crippen molar-refractivity contribution >= 4 is 5.97 Å². The topological polar surface area (TPSA) is 35.5 Å². The molecule has 3 nitrogen and oxygen atoms in total. The van der Waals surface area contributed by atoms with E-state index < -0.39 is 0 Å². The van der Waals surface area contributed by atoms with Crippen LogP contribution in [0.5, 0.6) is 0 Å². The molecule has 0 rings (SSSR count). The molecule has 0 aliphatic rings. The fraction of sp³-hybridized carbons (Fsp3) is 0.625. The third kappa shape index (κ3) is 6.90. The van der Waals surface area contributed by atoms with E-state index in [1.165, 1.54) is 19.4 Å². The third-order valence-corrected chi connectivity index (χ3v) is 0.899. The second-order valence-corrected chi connectivity index (χ2v) is 2.56. The van der Waals surface area contributed by atoms with E-state index in [1.54, 1.807) is 0 Å². The van der Waals surface area contributed by atoms with Crippen LogP contribution in [-0.4, -0.2) is 19.7 Å². The average molecular weight is 158 g/mol. The number of ether oxygens (including phenoxy) is 2. The molecular weight excluding hydrogens is 144 g/mol. The molecule has 0 radical (unpaired) electrons. The minimum atomic E-state index is -0.361. The maximum absolute atomic E-state index is 10.7. The Hall–Kier alpha value is -0.990. The van der Waals surface area contributed by atoms with Crippen LogP contribution in [0.2, 0.25) is 0 Å². The van der Waals surface area contributed by atoms with E-state index in [0.717, 1.165) is 0 Å². The van der Waals surface area contributed by atoms with Gasteiger partial charge in [0, 0.05) is 0 Å². The Morgan fingerprint density at radius 3 is 2.64 bits per heavy atom. The SMILES string of the molecule is CO/C=C/C(=O)OCC(C)C. The van der Waals surface area contributed by atoms with Crippen LogP contribution in [0, 0.1) is 5.92 Å². The maximum Gasteiger partial charge on any atom is 0.333 e. The molecule has 0 aromatic heterocycles. The van der Waals surface area contributed by atoms with E-state index >= 15 is 0 Å². The van der Waals surface area contributed by atoms with Gasteiger partial charge in [-0.1, -0.05) is 13.8 Å². The summed E-state index contributed by atoms with van der Waals surface area (Å²) in [6.07, 6.45) is 2.55. The summed E-state index contributed by atoms with van der Waals surface area (Å²) in [5.74, 6) is 0.00967. The van der Waals surface area contributed by atoms with Crippen LogP contribution in [-0.2, 0) is 14.3 Å². The first-order chi connectivity index (χ1) is 5.16. The van der Waals surface area contributed by atoms with E-state index in [-0.39, 0.29) is 5.97 Å². The Morgan fingerprint density at radius 2 is 2.18 bits per heavy atom. The first-order valence-electron chi connectivity index (χ1n) is 3.53. The lowest BCUT2D eigenvalue weighted by Crippen LogP contribution is -2.07. The van der Waals surface area contributed by atoms with Crippen LogP contribution in [0.15, 0.2) is 12.3 Å². The van der Waals surface area contributed by atoms with E-state index in [0.29, 0.717) is 12.5 Å². The van der Waals surface area contributed by atoms with Gasteiger partial charge in [0.1, 0.15) is 0 Å². The van der Waals surface area contributed by atoms with Crippen molar-refractivity contribution in [3.8, 4) is 0 Å². The highest BCUT2D eigenvalue weighted by atomic mass is 16.5. The van der Waals surface area contributed by atoms with Gasteiger partial charge in [-0.2, -0.15) is 0 Å². The van der Waals surface area contributed by atoms with E-state index in [4.69, 9.17) is 4.74 Å². The summed E-state index contributed by atoms with van der Waals surface area (Å²) < 4.78 is 9.34. The largest absolute Gasteiger partial charge is 0.504 e. The Labute approximate surface area is 67.0 Å². The number of hydrogen-bond donors (Lipinski definition) is 0. The van der Waals surface area contributed by atoms with E-state index in [2.05, 4.69) is 4.74 Å². The molecule has 0 aromatic carbocycles. The highest BCUT2D eigenvalue weighted by molar-refractivity contribution is 5.81. The fourth-order valence-electron chi connectivity index (χ4n) is 0.421. The van der Waals surface area contributed by atoms with Crippen LogP contribution in [0.25, 0.3) is 0 Å². The summed E-state index contributed by atoms with van der Waals surface area (Å²) in [5, 5.41) is 0. The van der Waals surface area contributed by atoms with Gasteiger partial charge >= 0.3 is 5.97 Å². The molecule has 0 fully saturated rings. The third-order valence-electron chi connectivity index (χ3n) is 0.899. The quantitative estimate of drug-likeness (QED) is 0.352. The van der Waals surface area contributed by atoms with E-state index in [9.17, 15) is 4.79 Å². The molecule has 0 aliphatic heterocycles. The summed E-state index contributed by atoms with van der Waals surface area (Å²) in [6.45, 7) is 4.41. The van der Waals surface area contributed by atoms with Crippen molar-refractivity contribution in [2.75, 3.05) is 13.7 Å². The standard InChI is InChI=1S/C8H14O3/c1-7(2)6-11-8(9)4-5-10-3/h4-5,7H,6H2,1-3H3/b5-4+. The number of methoxy groups -OCH3 is 1. The smallest absolute Gasteiger partial charge is 0.333 e. The predicted molar refractivity (Wildman–Crippen MR) is 41.9 cm³/mol. The zero-order valence-corrected chi connectivity index (χ0v) is 7.16. The highest BCUT2D eigenvalue weighted by Crippen LogP contribution is 1.93. The van der Waals surface area contributed by atoms with Crippen LogP contribution in [0.3, 0.4) is 0 Å². The zero-order chi connectivity index (χ0) is 8.69. The lowest BCUT2D eigenvalue weighted by molar-refractivity contribution is -0.138. The molecule has 0 N–H and O–H groups in total. The molecule has 0 bridgehead atoms. The Balaban J connectivity index is 3.45. The molecule has 0 heterocycles. The normalized spacial score (nSPS) is 10.5. The summed E-state index contributed by atoms with van der Waals surface area (Å²) in [5.41, 5.74) is 0. The second-order valence-electron chi connectivity index (χ2n) is 2.56. The van der Waals surface area contributed by atoms with Crippen LogP contribution >= 0.6 is 0 Å². The molecule has 0 aromatic rings. The van der Waals surface area contributed by atoms with Crippen LogP contribution in [0.4, 0.5) is 0 Å². The van der Waals surface area contributed by atoms with Crippen molar-refractivity contribution in [3.05, 3.63) is 12.3 Å². The van der Waals surface area contributed by atoms with Gasteiger partial charge < -0.3 is 9.47 Å². The Bertz CT molecular complexity index is 138. The van der Waals surface area contributed by atoms with Gasteiger partial charge in [0.25, 0.3) is 0 Å². The van der Waals surface area contributed by atoms with Crippen LogP contribution < -0.4 is 0 Å². The minimum absolute atomic E-state index is 0.361. The number of hydrogen-bond acceptors (Lipinski definition) is 3. The number of carbonyl (C=O) groups excluding carboxylic acids is 1. The van der Waals surface area contributed by atoms with Gasteiger partial charge in [-0.3, -0.25) is 0 Å². The zero-order valence-electron chi connectivity index (χ0n) is 7.16. The maximum atomic E-state index is 10.7. The number of carbonyl (C=O) groups is 1. The van der Waals surface area contributed by atoms with Crippen LogP contribution in [0.1, 0.15) is 13.8 Å². The average Bonchev–Trinajstić information content (AvgIpc) is 1.97. The molecule has 0 spiro atoms. The molecule has 0 amide bonds. The molecule has 0 aliphatic carbocycles. The Kier molecular flexibility index (Phi) is 5.25. The molecule has 0 saturated carbocycles. The van der Waals surface area contributed by atoms with Gasteiger partial charge in [-0.25, -0.2) is 4.79 Å². The first kappa shape index (κ1) is 10.0. The van der Waals surface area contributed by atoms with Gasteiger partial charge in [0.05, 0.1) is 26.1 Å². The summed E-state index contributed by atoms with van der Waals surface area (Å²) in [7, 11) is 1.48. The second kappa shape index (κ2) is 5.77. The van der Waals surface area contributed by atoms with Crippen molar-refractivity contribution < 1.29 is 14.3 Å². The van der Waals surface area contributed by atoms with Crippen molar-refractivity contribution in [2.24, 2.45) is 5.92 Å². The molecule has 3 heteroatoms. The Morgan fingerprint density at radius 1 is 1.55 bits per heavy atom. The van der Waals surface area contributed by atoms with Gasteiger partial charge in [0.2, 0.25) is 0 Å². The molecule has 0 unspecified atom stereocenters. The van der Waals surface area contributed by atoms with Crippen molar-refractivity contribution in [3.63, 3.8) is 0 Å². The fourth-order valence-corrected chi connectivity index (χ4v) is 0.421. The number of esters is 1. The van der Waals surface area contributed by atoms with Gasteiger partial charge in [0.15, 0.2) is 0 Å². The van der Waals surface area contributed by atoms with Crippen molar-refractivity contribution in [1.29, 1.82) is 0 Å². The van der Waals surface area contributed by atoms with Gasteiger partial charge in [-0.05, 0) is 5.92 Å².